The lowest BCUT2D eigenvalue weighted by Crippen LogP contribution is -2.12. The first kappa shape index (κ1) is 17.0. The Balaban J connectivity index is 2.40. The number of halogens is 1. The molecule has 0 aliphatic carbocycles. The predicted octanol–water partition coefficient (Wildman–Crippen LogP) is 3.89. The van der Waals surface area contributed by atoms with E-state index in [1.165, 1.54) is 7.11 Å². The zero-order valence-corrected chi connectivity index (χ0v) is 14.3. The fourth-order valence-corrected chi connectivity index (χ4v) is 2.35. The number of methoxy groups -OCH3 is 1. The van der Waals surface area contributed by atoms with Crippen molar-refractivity contribution in [1.82, 2.24) is 0 Å². The second-order valence-electron chi connectivity index (χ2n) is 4.46. The van der Waals surface area contributed by atoms with E-state index in [2.05, 4.69) is 15.9 Å². The van der Waals surface area contributed by atoms with Gasteiger partial charge in [0.2, 0.25) is 0 Å². The average molecular weight is 379 g/mol. The summed E-state index contributed by atoms with van der Waals surface area (Å²) in [7, 11) is 1.44. The third-order valence-corrected chi connectivity index (χ3v) is 3.51. The maximum Gasteiger partial charge on any atom is 0.347 e. The standard InChI is InChI=1S/C17H15BrO5/c1-3-22-14-8-7-12(18)9-13(14)17(20)23-16-11(10-19)5-4-6-15(16)21-2/h4-10H,3H2,1-2H3. The van der Waals surface area contributed by atoms with Gasteiger partial charge >= 0.3 is 5.97 Å². The normalized spacial score (nSPS) is 10.0. The molecular formula is C17H15BrO5. The van der Waals surface area contributed by atoms with Crippen molar-refractivity contribution in [3.05, 3.63) is 52.0 Å². The van der Waals surface area contributed by atoms with Crippen LogP contribution in [0.4, 0.5) is 0 Å². The number of esters is 1. The minimum atomic E-state index is -0.637. The second kappa shape index (κ2) is 7.78. The van der Waals surface area contributed by atoms with Gasteiger partial charge in [-0.2, -0.15) is 0 Å². The van der Waals surface area contributed by atoms with Crippen LogP contribution < -0.4 is 14.2 Å². The number of carbonyl (C=O) groups excluding carboxylic acids is 2. The van der Waals surface area contributed by atoms with Crippen LogP contribution in [0.25, 0.3) is 0 Å². The summed E-state index contributed by atoms with van der Waals surface area (Å²) in [5, 5.41) is 0. The van der Waals surface area contributed by atoms with Crippen molar-refractivity contribution in [3.63, 3.8) is 0 Å². The zero-order chi connectivity index (χ0) is 16.8. The number of hydrogen-bond acceptors (Lipinski definition) is 5. The van der Waals surface area contributed by atoms with Crippen LogP contribution in [0, 0.1) is 0 Å². The maximum absolute atomic E-state index is 12.5. The largest absolute Gasteiger partial charge is 0.493 e. The highest BCUT2D eigenvalue weighted by atomic mass is 79.9. The van der Waals surface area contributed by atoms with Crippen LogP contribution >= 0.6 is 15.9 Å². The topological polar surface area (TPSA) is 61.8 Å². The molecule has 6 heteroatoms. The Morgan fingerprint density at radius 3 is 2.65 bits per heavy atom. The van der Waals surface area contributed by atoms with E-state index in [-0.39, 0.29) is 16.9 Å². The van der Waals surface area contributed by atoms with E-state index in [0.717, 1.165) is 0 Å². The van der Waals surface area contributed by atoms with Crippen molar-refractivity contribution in [2.24, 2.45) is 0 Å². The van der Waals surface area contributed by atoms with Gasteiger partial charge in [-0.1, -0.05) is 22.0 Å². The second-order valence-corrected chi connectivity index (χ2v) is 5.38. The molecule has 0 bridgehead atoms. The zero-order valence-electron chi connectivity index (χ0n) is 12.7. The van der Waals surface area contributed by atoms with Crippen LogP contribution in [-0.4, -0.2) is 26.0 Å². The summed E-state index contributed by atoms with van der Waals surface area (Å²) in [6.45, 7) is 2.23. The van der Waals surface area contributed by atoms with E-state index >= 15 is 0 Å². The molecule has 0 aliphatic rings. The molecule has 0 radical (unpaired) electrons. The van der Waals surface area contributed by atoms with Gasteiger partial charge in [0.25, 0.3) is 0 Å². The number of ether oxygens (including phenoxy) is 3. The van der Waals surface area contributed by atoms with Crippen molar-refractivity contribution >= 4 is 28.2 Å². The van der Waals surface area contributed by atoms with Crippen molar-refractivity contribution in [1.29, 1.82) is 0 Å². The molecule has 0 atom stereocenters. The van der Waals surface area contributed by atoms with Gasteiger partial charge in [-0.15, -0.1) is 0 Å². The van der Waals surface area contributed by atoms with E-state index in [0.29, 0.717) is 28.9 Å². The molecule has 23 heavy (non-hydrogen) atoms. The summed E-state index contributed by atoms with van der Waals surface area (Å²) in [5.74, 6) is 0.152. The summed E-state index contributed by atoms with van der Waals surface area (Å²) < 4.78 is 16.7. The highest BCUT2D eigenvalue weighted by molar-refractivity contribution is 9.10. The number of rotatable bonds is 6. The van der Waals surface area contributed by atoms with Crippen molar-refractivity contribution in [2.45, 2.75) is 6.92 Å². The van der Waals surface area contributed by atoms with Crippen LogP contribution in [0.1, 0.15) is 27.6 Å². The number of hydrogen-bond donors (Lipinski definition) is 0. The fourth-order valence-electron chi connectivity index (χ4n) is 1.99. The molecule has 0 heterocycles. The Bertz CT molecular complexity index is 727. The molecule has 0 aliphatic heterocycles. The van der Waals surface area contributed by atoms with Crippen LogP contribution in [0.3, 0.4) is 0 Å². The molecule has 2 rings (SSSR count). The van der Waals surface area contributed by atoms with Gasteiger partial charge < -0.3 is 14.2 Å². The summed E-state index contributed by atoms with van der Waals surface area (Å²) >= 11 is 3.31. The Hall–Kier alpha value is -2.34. The molecule has 0 saturated carbocycles. The molecule has 0 saturated heterocycles. The summed E-state index contributed by atoms with van der Waals surface area (Å²) in [4.78, 5) is 23.7. The minimum Gasteiger partial charge on any atom is -0.493 e. The first-order valence-corrected chi connectivity index (χ1v) is 7.66. The Kier molecular flexibility index (Phi) is 5.76. The maximum atomic E-state index is 12.5. The van der Waals surface area contributed by atoms with Gasteiger partial charge in [-0.25, -0.2) is 4.79 Å². The lowest BCUT2D eigenvalue weighted by atomic mass is 10.2. The molecule has 0 fully saturated rings. The van der Waals surface area contributed by atoms with E-state index < -0.39 is 5.97 Å². The average Bonchev–Trinajstić information content (AvgIpc) is 2.56. The van der Waals surface area contributed by atoms with E-state index in [9.17, 15) is 9.59 Å². The van der Waals surface area contributed by atoms with Gasteiger partial charge in [0.05, 0.1) is 19.3 Å². The molecular weight excluding hydrogens is 364 g/mol. The molecule has 0 N–H and O–H groups in total. The third-order valence-electron chi connectivity index (χ3n) is 3.01. The van der Waals surface area contributed by atoms with E-state index in [1.54, 1.807) is 36.4 Å². The van der Waals surface area contributed by atoms with Gasteiger partial charge in [0, 0.05) is 4.47 Å². The number of aldehydes is 1. The summed E-state index contributed by atoms with van der Waals surface area (Å²) in [6.07, 6.45) is 0.607. The Morgan fingerprint density at radius 2 is 2.00 bits per heavy atom. The molecule has 0 unspecified atom stereocenters. The predicted molar refractivity (Wildman–Crippen MR) is 88.7 cm³/mol. The third kappa shape index (κ3) is 3.90. The van der Waals surface area contributed by atoms with E-state index in [4.69, 9.17) is 14.2 Å². The SMILES string of the molecule is CCOc1ccc(Br)cc1C(=O)Oc1c(C=O)cccc1OC. The molecule has 2 aromatic carbocycles. The van der Waals surface area contributed by atoms with Gasteiger partial charge in [0.1, 0.15) is 11.3 Å². The van der Waals surface area contributed by atoms with Gasteiger partial charge in [-0.3, -0.25) is 4.79 Å². The first-order chi connectivity index (χ1) is 11.1. The molecule has 2 aromatic rings. The highest BCUT2D eigenvalue weighted by Gasteiger charge is 2.19. The van der Waals surface area contributed by atoms with Crippen LogP contribution in [0.2, 0.25) is 0 Å². The Morgan fingerprint density at radius 1 is 1.22 bits per heavy atom. The number of para-hydroxylation sites is 1. The summed E-state index contributed by atoms with van der Waals surface area (Å²) in [5.41, 5.74) is 0.481. The van der Waals surface area contributed by atoms with Crippen molar-refractivity contribution < 1.29 is 23.8 Å². The highest BCUT2D eigenvalue weighted by Crippen LogP contribution is 2.32. The molecule has 0 aromatic heterocycles. The van der Waals surface area contributed by atoms with Gasteiger partial charge in [-0.05, 0) is 37.3 Å². The van der Waals surface area contributed by atoms with Gasteiger partial charge in [0.15, 0.2) is 17.8 Å². The van der Waals surface area contributed by atoms with Crippen LogP contribution in [0.15, 0.2) is 40.9 Å². The minimum absolute atomic E-state index is 0.0809. The quantitative estimate of drug-likeness (QED) is 0.433. The number of carbonyl (C=O) groups is 2. The number of benzene rings is 2. The molecule has 0 spiro atoms. The Labute approximate surface area is 142 Å². The smallest absolute Gasteiger partial charge is 0.347 e. The van der Waals surface area contributed by atoms with Crippen LogP contribution in [-0.2, 0) is 0 Å². The lowest BCUT2D eigenvalue weighted by Gasteiger charge is -2.13. The molecule has 0 amide bonds. The van der Waals surface area contributed by atoms with Crippen molar-refractivity contribution in [3.8, 4) is 17.2 Å². The van der Waals surface area contributed by atoms with Crippen LogP contribution in [0.5, 0.6) is 17.2 Å². The fraction of sp³-hybridized carbons (Fsp3) is 0.176. The lowest BCUT2D eigenvalue weighted by molar-refractivity contribution is 0.0724. The van der Waals surface area contributed by atoms with E-state index in [1.807, 2.05) is 6.92 Å². The summed E-state index contributed by atoms with van der Waals surface area (Å²) in [6, 6.07) is 9.84. The van der Waals surface area contributed by atoms with Crippen molar-refractivity contribution in [2.75, 3.05) is 13.7 Å². The first-order valence-electron chi connectivity index (χ1n) is 6.87. The monoisotopic (exact) mass is 378 g/mol. The molecule has 120 valence electrons. The molecule has 5 nitrogen and oxygen atoms in total.